The number of carbonyl (C=O) groups excluding carboxylic acids is 1. The molecule has 0 spiro atoms. The Hall–Kier alpha value is -1.28. The van der Waals surface area contributed by atoms with Crippen molar-refractivity contribution in [3.63, 3.8) is 0 Å². The third-order valence-electron chi connectivity index (χ3n) is 3.18. The zero-order valence-corrected chi connectivity index (χ0v) is 12.7. The molecule has 1 N–H and O–H groups in total. The van der Waals surface area contributed by atoms with Crippen LogP contribution >= 0.6 is 11.8 Å². The molecule has 0 aromatic carbocycles. The molecule has 2 heterocycles. The molecule has 1 atom stereocenters. The Kier molecular flexibility index (Phi) is 4.54. The van der Waals surface area contributed by atoms with Crippen LogP contribution in [0.4, 0.5) is 0 Å². The molecule has 6 nitrogen and oxygen atoms in total. The fourth-order valence-electron chi connectivity index (χ4n) is 2.05. The van der Waals surface area contributed by atoms with E-state index in [1.165, 1.54) is 35.0 Å². The summed E-state index contributed by atoms with van der Waals surface area (Å²) in [5.41, 5.74) is -0.158. The summed E-state index contributed by atoms with van der Waals surface area (Å²) < 4.78 is 24.2. The molecule has 1 saturated heterocycles. The number of aromatic nitrogens is 1. The second-order valence-corrected chi connectivity index (χ2v) is 8.02. The minimum absolute atomic E-state index is 0.00260. The summed E-state index contributed by atoms with van der Waals surface area (Å²) in [7, 11) is -3.34. The van der Waals surface area contributed by atoms with Gasteiger partial charge in [-0.1, -0.05) is 6.92 Å². The number of carbonyl (C=O) groups is 1. The summed E-state index contributed by atoms with van der Waals surface area (Å²) in [6, 6.07) is 2.68. The van der Waals surface area contributed by atoms with Crippen LogP contribution in [0.3, 0.4) is 0 Å². The minimum atomic E-state index is -3.34. The quantitative estimate of drug-likeness (QED) is 0.868. The molecule has 1 aliphatic heterocycles. The molecule has 20 heavy (non-hydrogen) atoms. The largest absolute Gasteiger partial charge is 0.329 e. The van der Waals surface area contributed by atoms with Crippen molar-refractivity contribution in [3.8, 4) is 0 Å². The van der Waals surface area contributed by atoms with Crippen molar-refractivity contribution in [2.45, 2.75) is 12.3 Å². The van der Waals surface area contributed by atoms with Crippen LogP contribution in [0.1, 0.15) is 17.3 Å². The first-order chi connectivity index (χ1) is 9.45. The lowest BCUT2D eigenvalue weighted by Gasteiger charge is -2.34. The highest BCUT2D eigenvalue weighted by atomic mass is 32.2. The summed E-state index contributed by atoms with van der Waals surface area (Å²) in [6.07, 6.45) is 1.39. The number of sulfone groups is 1. The topological polar surface area (TPSA) is 87.3 Å². The predicted octanol–water partition coefficient (Wildman–Crippen LogP) is 0.325. The number of pyridine rings is 1. The lowest BCUT2D eigenvalue weighted by atomic mass is 10.2. The first kappa shape index (κ1) is 15.1. The summed E-state index contributed by atoms with van der Waals surface area (Å²) in [5, 5.41) is -0.807. The molecule has 8 heteroatoms. The van der Waals surface area contributed by atoms with E-state index < -0.39 is 21.1 Å². The van der Waals surface area contributed by atoms with Crippen LogP contribution in [0.15, 0.2) is 23.1 Å². The van der Waals surface area contributed by atoms with E-state index in [1.54, 1.807) is 6.92 Å². The maximum absolute atomic E-state index is 12.4. The number of hydrogen-bond donors (Lipinski definition) is 1. The van der Waals surface area contributed by atoms with E-state index in [0.29, 0.717) is 18.1 Å². The van der Waals surface area contributed by atoms with Crippen molar-refractivity contribution >= 4 is 27.5 Å². The Morgan fingerprint density at radius 2 is 2.30 bits per heavy atom. The SMILES string of the molecule is CCS(=O)(=O)C1CSCCN1C(=O)c1cc[nH]c(=O)c1. The van der Waals surface area contributed by atoms with Gasteiger partial charge < -0.3 is 9.88 Å². The standard InChI is InChI=1S/C12H16N2O4S2/c1-2-20(17,18)11-8-19-6-5-14(11)12(16)9-3-4-13-10(15)7-9/h3-4,7,11H,2,5-6,8H2,1H3,(H,13,15). The molecule has 0 bridgehead atoms. The highest BCUT2D eigenvalue weighted by Gasteiger charge is 2.36. The molecule has 1 aromatic heterocycles. The monoisotopic (exact) mass is 316 g/mol. The zero-order valence-electron chi connectivity index (χ0n) is 11.0. The van der Waals surface area contributed by atoms with Crippen LogP contribution in [0.2, 0.25) is 0 Å². The number of rotatable bonds is 3. The third kappa shape index (κ3) is 3.06. The average Bonchev–Trinajstić information content (AvgIpc) is 2.46. The van der Waals surface area contributed by atoms with Crippen LogP contribution in [-0.2, 0) is 9.84 Å². The van der Waals surface area contributed by atoms with E-state index in [-0.39, 0.29) is 16.9 Å². The number of H-pyrrole nitrogens is 1. The van der Waals surface area contributed by atoms with E-state index in [4.69, 9.17) is 0 Å². The van der Waals surface area contributed by atoms with Crippen molar-refractivity contribution in [1.82, 2.24) is 9.88 Å². The van der Waals surface area contributed by atoms with E-state index in [1.807, 2.05) is 0 Å². The van der Waals surface area contributed by atoms with Gasteiger partial charge in [0, 0.05) is 41.6 Å². The molecule has 1 amide bonds. The smallest absolute Gasteiger partial charge is 0.255 e. The molecule has 110 valence electrons. The number of thioether (sulfide) groups is 1. The van der Waals surface area contributed by atoms with Crippen LogP contribution in [0.5, 0.6) is 0 Å². The molecule has 1 aliphatic rings. The van der Waals surface area contributed by atoms with Crippen LogP contribution in [-0.4, -0.2) is 53.4 Å². The molecule has 1 fully saturated rings. The van der Waals surface area contributed by atoms with Gasteiger partial charge in [-0.05, 0) is 6.07 Å². The van der Waals surface area contributed by atoms with Crippen LogP contribution in [0.25, 0.3) is 0 Å². The Morgan fingerprint density at radius 1 is 1.55 bits per heavy atom. The summed E-state index contributed by atoms with van der Waals surface area (Å²) >= 11 is 1.52. The molecule has 0 aliphatic carbocycles. The normalized spacial score (nSPS) is 19.9. The second-order valence-electron chi connectivity index (χ2n) is 4.42. The first-order valence-electron chi connectivity index (χ1n) is 6.24. The lowest BCUT2D eigenvalue weighted by Crippen LogP contribution is -2.50. The summed E-state index contributed by atoms with van der Waals surface area (Å²) in [5.74, 6) is 0.672. The fourth-order valence-corrected chi connectivity index (χ4v) is 5.01. The number of nitrogens with zero attached hydrogens (tertiary/aromatic N) is 1. The number of amides is 1. The van der Waals surface area contributed by atoms with Gasteiger partial charge in [0.15, 0.2) is 9.84 Å². The van der Waals surface area contributed by atoms with Crippen LogP contribution < -0.4 is 5.56 Å². The number of aromatic amines is 1. The van der Waals surface area contributed by atoms with Gasteiger partial charge in [-0.2, -0.15) is 11.8 Å². The predicted molar refractivity (Wildman–Crippen MR) is 78.7 cm³/mol. The van der Waals surface area contributed by atoms with Gasteiger partial charge in [0.1, 0.15) is 5.37 Å². The van der Waals surface area contributed by atoms with Gasteiger partial charge in [-0.3, -0.25) is 9.59 Å². The number of nitrogens with one attached hydrogen (secondary N) is 1. The fraction of sp³-hybridized carbons (Fsp3) is 0.500. The summed E-state index contributed by atoms with van der Waals surface area (Å²) in [4.78, 5) is 27.5. The zero-order chi connectivity index (χ0) is 14.8. The van der Waals surface area contributed by atoms with E-state index >= 15 is 0 Å². The van der Waals surface area contributed by atoms with Crippen molar-refractivity contribution in [1.29, 1.82) is 0 Å². The molecular weight excluding hydrogens is 300 g/mol. The van der Waals surface area contributed by atoms with Crippen molar-refractivity contribution in [3.05, 3.63) is 34.2 Å². The first-order valence-corrected chi connectivity index (χ1v) is 9.11. The Balaban J connectivity index is 2.33. The van der Waals surface area contributed by atoms with Crippen molar-refractivity contribution in [2.24, 2.45) is 0 Å². The Bertz CT molecular complexity index is 653. The van der Waals surface area contributed by atoms with Crippen LogP contribution in [0, 0.1) is 0 Å². The van der Waals surface area contributed by atoms with Gasteiger partial charge in [0.25, 0.3) is 5.91 Å². The summed E-state index contributed by atoms with van der Waals surface area (Å²) in [6.45, 7) is 1.95. The highest BCUT2D eigenvalue weighted by molar-refractivity contribution is 8.01. The van der Waals surface area contributed by atoms with Gasteiger partial charge >= 0.3 is 0 Å². The highest BCUT2D eigenvalue weighted by Crippen LogP contribution is 2.23. The van der Waals surface area contributed by atoms with Crippen molar-refractivity contribution < 1.29 is 13.2 Å². The molecule has 0 saturated carbocycles. The third-order valence-corrected chi connectivity index (χ3v) is 6.47. The Labute approximate surface area is 121 Å². The van der Waals surface area contributed by atoms with Gasteiger partial charge in [0.05, 0.1) is 0 Å². The second kappa shape index (κ2) is 6.01. The van der Waals surface area contributed by atoms with Gasteiger partial charge in [0.2, 0.25) is 5.56 Å². The molecule has 1 unspecified atom stereocenters. The van der Waals surface area contributed by atoms with E-state index in [2.05, 4.69) is 4.98 Å². The maximum Gasteiger partial charge on any atom is 0.255 e. The molecular formula is C12H16N2O4S2. The van der Waals surface area contributed by atoms with Crippen molar-refractivity contribution in [2.75, 3.05) is 23.8 Å². The van der Waals surface area contributed by atoms with Gasteiger partial charge in [-0.25, -0.2) is 8.42 Å². The minimum Gasteiger partial charge on any atom is -0.329 e. The Morgan fingerprint density at radius 3 is 2.95 bits per heavy atom. The van der Waals surface area contributed by atoms with E-state index in [0.717, 1.165) is 0 Å². The molecule has 2 rings (SSSR count). The lowest BCUT2D eigenvalue weighted by molar-refractivity contribution is 0.0749. The number of hydrogen-bond acceptors (Lipinski definition) is 5. The maximum atomic E-state index is 12.4. The van der Waals surface area contributed by atoms with E-state index in [9.17, 15) is 18.0 Å². The van der Waals surface area contributed by atoms with Gasteiger partial charge in [-0.15, -0.1) is 0 Å². The average molecular weight is 316 g/mol. The molecule has 0 radical (unpaired) electrons. The molecule has 1 aromatic rings.